The van der Waals surface area contributed by atoms with Crippen LogP contribution in [0.1, 0.15) is 32.6 Å². The van der Waals surface area contributed by atoms with Crippen molar-refractivity contribution in [2.24, 2.45) is 4.99 Å². The van der Waals surface area contributed by atoms with Crippen LogP contribution in [-0.2, 0) is 14.3 Å². The van der Waals surface area contributed by atoms with Crippen LogP contribution in [0.2, 0.25) is 5.02 Å². The number of aliphatic imine (C=N–C) groups is 1. The summed E-state index contributed by atoms with van der Waals surface area (Å²) in [6.07, 6.45) is 3.36. The molecule has 28 heavy (non-hydrogen) atoms. The second-order valence-electron chi connectivity index (χ2n) is 6.16. The number of carbonyl (C=O) groups is 1. The summed E-state index contributed by atoms with van der Waals surface area (Å²) in [4.78, 5) is 16.1. The van der Waals surface area contributed by atoms with E-state index in [1.807, 2.05) is 0 Å². The first-order chi connectivity index (χ1) is 13.7. The van der Waals surface area contributed by atoms with E-state index in [0.29, 0.717) is 56.7 Å². The second-order valence-corrected chi connectivity index (χ2v) is 6.60. The van der Waals surface area contributed by atoms with E-state index in [2.05, 4.69) is 27.9 Å². The molecule has 158 valence electrons. The fourth-order valence-electron chi connectivity index (χ4n) is 2.24. The third-order valence-electron chi connectivity index (χ3n) is 3.78. The molecule has 0 saturated heterocycles. The molecular formula is C20H33ClN4O3. The molecule has 0 spiro atoms. The Labute approximate surface area is 173 Å². The predicted molar refractivity (Wildman–Crippen MR) is 115 cm³/mol. The quantitative estimate of drug-likeness (QED) is 0.248. The maximum Gasteiger partial charge on any atom is 0.224 e. The summed E-state index contributed by atoms with van der Waals surface area (Å²) in [6.45, 7) is 6.06. The summed E-state index contributed by atoms with van der Waals surface area (Å²) in [7, 11) is 1.71. The summed E-state index contributed by atoms with van der Waals surface area (Å²) in [5.74, 6) is 0.669. The topological polar surface area (TPSA) is 84.0 Å². The fraction of sp³-hybridized carbons (Fsp3) is 0.600. The third kappa shape index (κ3) is 12.5. The molecule has 0 unspecified atom stereocenters. The van der Waals surface area contributed by atoms with Crippen molar-refractivity contribution in [3.05, 3.63) is 29.3 Å². The van der Waals surface area contributed by atoms with Gasteiger partial charge in [-0.1, -0.05) is 24.9 Å². The molecule has 1 aromatic carbocycles. The molecule has 0 aliphatic heterocycles. The Balaban J connectivity index is 2.02. The number of carbonyl (C=O) groups excluding carboxylic acids is 1. The Morgan fingerprint density at radius 1 is 1.00 bits per heavy atom. The highest BCUT2D eigenvalue weighted by atomic mass is 35.5. The first kappa shape index (κ1) is 24.2. The highest BCUT2D eigenvalue weighted by Gasteiger charge is 2.03. The molecule has 7 nitrogen and oxygen atoms in total. The van der Waals surface area contributed by atoms with Gasteiger partial charge >= 0.3 is 0 Å². The van der Waals surface area contributed by atoms with E-state index >= 15 is 0 Å². The molecule has 0 radical (unpaired) electrons. The zero-order valence-electron chi connectivity index (χ0n) is 16.9. The van der Waals surface area contributed by atoms with Gasteiger partial charge in [0.05, 0.1) is 19.8 Å². The van der Waals surface area contributed by atoms with Crippen LogP contribution in [0.15, 0.2) is 29.3 Å². The Kier molecular flexibility index (Phi) is 14.0. The summed E-state index contributed by atoms with van der Waals surface area (Å²) >= 11 is 5.83. The lowest BCUT2D eigenvalue weighted by Gasteiger charge is -2.12. The number of benzene rings is 1. The first-order valence-corrected chi connectivity index (χ1v) is 10.2. The Morgan fingerprint density at radius 3 is 2.36 bits per heavy atom. The standard InChI is InChI=1S/C20H33ClN4O3/c1-3-4-13-27-15-16-28-14-12-24-20(22-2)23-11-5-6-19(26)25-18-9-7-17(21)8-10-18/h7-10H,3-6,11-16H2,1-2H3,(H,25,26)(H2,22,23,24). The van der Waals surface area contributed by atoms with Crippen LogP contribution < -0.4 is 16.0 Å². The van der Waals surface area contributed by atoms with Crippen LogP contribution in [0.3, 0.4) is 0 Å². The molecule has 0 saturated carbocycles. The number of guanidine groups is 1. The largest absolute Gasteiger partial charge is 0.379 e. The first-order valence-electron chi connectivity index (χ1n) is 9.81. The van der Waals surface area contributed by atoms with E-state index < -0.39 is 0 Å². The van der Waals surface area contributed by atoms with Gasteiger partial charge in [-0.05, 0) is 37.1 Å². The number of amides is 1. The number of ether oxygens (including phenoxy) is 2. The summed E-state index contributed by atoms with van der Waals surface area (Å²) in [6, 6.07) is 7.06. The number of halogens is 1. The normalized spacial score (nSPS) is 11.3. The summed E-state index contributed by atoms with van der Waals surface area (Å²) in [5, 5.41) is 9.84. The average Bonchev–Trinajstić information content (AvgIpc) is 2.70. The monoisotopic (exact) mass is 412 g/mol. The summed E-state index contributed by atoms with van der Waals surface area (Å²) in [5.41, 5.74) is 0.746. The summed E-state index contributed by atoms with van der Waals surface area (Å²) < 4.78 is 10.9. The van der Waals surface area contributed by atoms with Crippen molar-refractivity contribution in [2.45, 2.75) is 32.6 Å². The molecule has 8 heteroatoms. The third-order valence-corrected chi connectivity index (χ3v) is 4.03. The molecule has 0 aliphatic rings. The van der Waals surface area contributed by atoms with E-state index in [0.717, 1.165) is 25.1 Å². The average molecular weight is 413 g/mol. The van der Waals surface area contributed by atoms with Crippen LogP contribution in [-0.4, -0.2) is 58.4 Å². The van der Waals surface area contributed by atoms with Gasteiger partial charge in [-0.3, -0.25) is 9.79 Å². The molecule has 1 aromatic rings. The maximum absolute atomic E-state index is 11.9. The number of nitrogens with zero attached hydrogens (tertiary/aromatic N) is 1. The second kappa shape index (κ2) is 16.2. The number of hydrogen-bond donors (Lipinski definition) is 3. The smallest absolute Gasteiger partial charge is 0.224 e. The Hall–Kier alpha value is -1.83. The van der Waals surface area contributed by atoms with Crippen molar-refractivity contribution in [3.63, 3.8) is 0 Å². The van der Waals surface area contributed by atoms with Gasteiger partial charge in [-0.15, -0.1) is 0 Å². The zero-order chi connectivity index (χ0) is 20.5. The minimum Gasteiger partial charge on any atom is -0.379 e. The van der Waals surface area contributed by atoms with Crippen LogP contribution in [0.4, 0.5) is 5.69 Å². The number of rotatable bonds is 14. The highest BCUT2D eigenvalue weighted by molar-refractivity contribution is 6.30. The number of hydrogen-bond acceptors (Lipinski definition) is 4. The number of unbranched alkanes of at least 4 members (excludes halogenated alkanes) is 1. The number of anilines is 1. The fourth-order valence-corrected chi connectivity index (χ4v) is 2.37. The molecule has 0 aliphatic carbocycles. The minimum atomic E-state index is -0.0263. The van der Waals surface area contributed by atoms with Crippen molar-refractivity contribution in [2.75, 3.05) is 51.9 Å². The predicted octanol–water partition coefficient (Wildman–Crippen LogP) is 3.06. The van der Waals surface area contributed by atoms with Crippen molar-refractivity contribution in [1.82, 2.24) is 10.6 Å². The molecule has 0 fully saturated rings. The number of nitrogens with one attached hydrogen (secondary N) is 3. The van der Waals surface area contributed by atoms with E-state index in [9.17, 15) is 4.79 Å². The van der Waals surface area contributed by atoms with Crippen molar-refractivity contribution in [3.8, 4) is 0 Å². The van der Waals surface area contributed by atoms with Crippen molar-refractivity contribution >= 4 is 29.2 Å². The van der Waals surface area contributed by atoms with E-state index in [-0.39, 0.29) is 5.91 Å². The Bertz CT molecular complexity index is 567. The van der Waals surface area contributed by atoms with Gasteiger partial charge < -0.3 is 25.4 Å². The van der Waals surface area contributed by atoms with E-state index in [4.69, 9.17) is 21.1 Å². The lowest BCUT2D eigenvalue weighted by molar-refractivity contribution is -0.116. The Morgan fingerprint density at radius 2 is 1.68 bits per heavy atom. The molecule has 3 N–H and O–H groups in total. The van der Waals surface area contributed by atoms with Gasteiger partial charge in [0.2, 0.25) is 5.91 Å². The zero-order valence-corrected chi connectivity index (χ0v) is 17.7. The molecular weight excluding hydrogens is 380 g/mol. The molecule has 0 bridgehead atoms. The molecule has 0 aromatic heterocycles. The van der Waals surface area contributed by atoms with Crippen LogP contribution in [0, 0.1) is 0 Å². The molecule has 1 rings (SSSR count). The van der Waals surface area contributed by atoms with Gasteiger partial charge in [-0.2, -0.15) is 0 Å². The van der Waals surface area contributed by atoms with Crippen molar-refractivity contribution < 1.29 is 14.3 Å². The van der Waals surface area contributed by atoms with E-state index in [1.54, 1.807) is 31.3 Å². The van der Waals surface area contributed by atoms with Gasteiger partial charge in [0.15, 0.2) is 5.96 Å². The highest BCUT2D eigenvalue weighted by Crippen LogP contribution is 2.13. The lowest BCUT2D eigenvalue weighted by atomic mass is 10.2. The molecule has 0 atom stereocenters. The lowest BCUT2D eigenvalue weighted by Crippen LogP contribution is -2.39. The van der Waals surface area contributed by atoms with Crippen LogP contribution in [0.25, 0.3) is 0 Å². The minimum absolute atomic E-state index is 0.0263. The SMILES string of the molecule is CCCCOCCOCCNC(=NC)NCCCC(=O)Nc1ccc(Cl)cc1. The van der Waals surface area contributed by atoms with Gasteiger partial charge in [0, 0.05) is 43.9 Å². The van der Waals surface area contributed by atoms with E-state index in [1.165, 1.54) is 0 Å². The van der Waals surface area contributed by atoms with Crippen LogP contribution >= 0.6 is 11.6 Å². The molecule has 0 heterocycles. The van der Waals surface area contributed by atoms with Gasteiger partial charge in [0.25, 0.3) is 0 Å². The van der Waals surface area contributed by atoms with Crippen molar-refractivity contribution in [1.29, 1.82) is 0 Å². The van der Waals surface area contributed by atoms with Crippen LogP contribution in [0.5, 0.6) is 0 Å². The van der Waals surface area contributed by atoms with Gasteiger partial charge in [0.1, 0.15) is 0 Å². The van der Waals surface area contributed by atoms with Gasteiger partial charge in [-0.25, -0.2) is 0 Å². The molecule has 1 amide bonds. The maximum atomic E-state index is 11.9.